The molecular weight excluding hydrogens is 234 g/mol. The Labute approximate surface area is 103 Å². The van der Waals surface area contributed by atoms with E-state index in [4.69, 9.17) is 5.11 Å². The Kier molecular flexibility index (Phi) is 3.52. The van der Waals surface area contributed by atoms with Crippen LogP contribution in [-0.4, -0.2) is 37.6 Å². The van der Waals surface area contributed by atoms with Crippen molar-refractivity contribution >= 4 is 11.8 Å². The minimum absolute atomic E-state index is 0.121. The molecule has 0 bridgehead atoms. The minimum atomic E-state index is -1.02. The van der Waals surface area contributed by atoms with Crippen LogP contribution in [0.2, 0.25) is 0 Å². The molecule has 0 spiro atoms. The third-order valence-electron chi connectivity index (χ3n) is 2.42. The zero-order valence-electron chi connectivity index (χ0n) is 9.87. The van der Waals surface area contributed by atoms with Crippen LogP contribution in [0.1, 0.15) is 15.9 Å². The van der Waals surface area contributed by atoms with Crippen molar-refractivity contribution in [3.63, 3.8) is 0 Å². The second kappa shape index (κ2) is 5.26. The Morgan fingerprint density at radius 3 is 3.06 bits per heavy atom. The predicted octanol–water partition coefficient (Wildman–Crippen LogP) is 0.563. The number of hydrogen-bond donors (Lipinski definition) is 2. The fourth-order valence-electron chi connectivity index (χ4n) is 1.56. The van der Waals surface area contributed by atoms with Gasteiger partial charge in [0.15, 0.2) is 5.82 Å². The standard InChI is InChI=1S/C11H13N5O2/c1-16-7-8(6-14-16)2-4-12-10-9(11(17)18)3-5-13-15-10/h3,5-7H,2,4H2,1H3,(H,12,15)(H,17,18). The smallest absolute Gasteiger partial charge is 0.339 e. The number of nitrogens with one attached hydrogen (secondary N) is 1. The van der Waals surface area contributed by atoms with Gasteiger partial charge in [0.1, 0.15) is 5.56 Å². The maximum atomic E-state index is 10.9. The summed E-state index contributed by atoms with van der Waals surface area (Å²) in [4.78, 5) is 10.9. The van der Waals surface area contributed by atoms with E-state index >= 15 is 0 Å². The van der Waals surface area contributed by atoms with Crippen LogP contribution in [0.3, 0.4) is 0 Å². The molecule has 0 aliphatic carbocycles. The number of aryl methyl sites for hydroxylation is 1. The largest absolute Gasteiger partial charge is 0.478 e. The summed E-state index contributed by atoms with van der Waals surface area (Å²) in [6.45, 7) is 0.574. The van der Waals surface area contributed by atoms with Crippen molar-refractivity contribution < 1.29 is 9.90 Å². The van der Waals surface area contributed by atoms with Crippen molar-refractivity contribution in [2.75, 3.05) is 11.9 Å². The SMILES string of the molecule is Cn1cc(CCNc2nnccc2C(=O)O)cn1. The summed E-state index contributed by atoms with van der Waals surface area (Å²) >= 11 is 0. The second-order valence-corrected chi connectivity index (χ2v) is 3.80. The van der Waals surface area contributed by atoms with Gasteiger partial charge < -0.3 is 10.4 Å². The average Bonchev–Trinajstić information content (AvgIpc) is 2.75. The van der Waals surface area contributed by atoms with E-state index in [0.717, 1.165) is 12.0 Å². The highest BCUT2D eigenvalue weighted by atomic mass is 16.4. The number of aromatic carboxylic acids is 1. The van der Waals surface area contributed by atoms with Crippen LogP contribution in [0.4, 0.5) is 5.82 Å². The van der Waals surface area contributed by atoms with Gasteiger partial charge in [0.25, 0.3) is 0 Å². The molecule has 7 heteroatoms. The lowest BCUT2D eigenvalue weighted by molar-refractivity contribution is 0.0697. The number of anilines is 1. The maximum absolute atomic E-state index is 10.9. The number of aromatic nitrogens is 4. The van der Waals surface area contributed by atoms with Gasteiger partial charge in [-0.25, -0.2) is 4.79 Å². The Morgan fingerprint density at radius 1 is 1.56 bits per heavy atom. The monoisotopic (exact) mass is 247 g/mol. The summed E-state index contributed by atoms with van der Waals surface area (Å²) in [5.41, 5.74) is 1.20. The van der Waals surface area contributed by atoms with Crippen LogP contribution >= 0.6 is 0 Å². The third kappa shape index (κ3) is 2.82. The van der Waals surface area contributed by atoms with Gasteiger partial charge in [-0.05, 0) is 18.1 Å². The van der Waals surface area contributed by atoms with E-state index in [2.05, 4.69) is 20.6 Å². The first kappa shape index (κ1) is 12.0. The van der Waals surface area contributed by atoms with Crippen LogP contribution in [0, 0.1) is 0 Å². The van der Waals surface area contributed by atoms with Gasteiger partial charge in [-0.1, -0.05) is 0 Å². The number of nitrogens with zero attached hydrogens (tertiary/aromatic N) is 4. The molecule has 0 saturated carbocycles. The summed E-state index contributed by atoms with van der Waals surface area (Å²) in [6, 6.07) is 1.42. The highest BCUT2D eigenvalue weighted by Crippen LogP contribution is 2.10. The van der Waals surface area contributed by atoms with Gasteiger partial charge in [0.2, 0.25) is 0 Å². The molecule has 0 aliphatic heterocycles. The summed E-state index contributed by atoms with van der Waals surface area (Å²) in [6.07, 6.45) is 5.78. The van der Waals surface area contributed by atoms with Crippen molar-refractivity contribution in [2.45, 2.75) is 6.42 Å². The van der Waals surface area contributed by atoms with Crippen molar-refractivity contribution in [2.24, 2.45) is 7.05 Å². The number of hydrogen-bond acceptors (Lipinski definition) is 5. The zero-order chi connectivity index (χ0) is 13.0. The maximum Gasteiger partial charge on any atom is 0.339 e. The van der Waals surface area contributed by atoms with Gasteiger partial charge in [-0.3, -0.25) is 4.68 Å². The van der Waals surface area contributed by atoms with Crippen LogP contribution in [0.25, 0.3) is 0 Å². The molecule has 2 heterocycles. The average molecular weight is 247 g/mol. The zero-order valence-corrected chi connectivity index (χ0v) is 9.87. The van der Waals surface area contributed by atoms with Crippen LogP contribution in [0.15, 0.2) is 24.7 Å². The second-order valence-electron chi connectivity index (χ2n) is 3.80. The molecule has 18 heavy (non-hydrogen) atoms. The molecule has 0 saturated heterocycles. The van der Waals surface area contributed by atoms with Gasteiger partial charge in [0.05, 0.1) is 12.4 Å². The van der Waals surface area contributed by atoms with Gasteiger partial charge >= 0.3 is 5.97 Å². The van der Waals surface area contributed by atoms with E-state index in [0.29, 0.717) is 6.54 Å². The lowest BCUT2D eigenvalue weighted by Gasteiger charge is -2.06. The molecule has 0 fully saturated rings. The summed E-state index contributed by atoms with van der Waals surface area (Å²) in [5, 5.41) is 23.4. The summed E-state index contributed by atoms with van der Waals surface area (Å²) in [5.74, 6) is -0.734. The molecule has 0 aromatic carbocycles. The lowest BCUT2D eigenvalue weighted by Crippen LogP contribution is -2.11. The minimum Gasteiger partial charge on any atom is -0.478 e. The summed E-state index contributed by atoms with van der Waals surface area (Å²) in [7, 11) is 1.85. The van der Waals surface area contributed by atoms with E-state index in [9.17, 15) is 4.79 Å². The topological polar surface area (TPSA) is 92.9 Å². The normalized spacial score (nSPS) is 10.3. The Balaban J connectivity index is 1.96. The highest BCUT2D eigenvalue weighted by molar-refractivity contribution is 5.92. The molecule has 0 atom stereocenters. The number of carboxylic acid groups (broad SMARTS) is 1. The van der Waals surface area contributed by atoms with Crippen molar-refractivity contribution in [3.05, 3.63) is 35.8 Å². The predicted molar refractivity (Wildman–Crippen MR) is 64.4 cm³/mol. The van der Waals surface area contributed by atoms with Crippen LogP contribution < -0.4 is 5.32 Å². The van der Waals surface area contributed by atoms with E-state index in [1.807, 2.05) is 13.2 Å². The molecule has 2 N–H and O–H groups in total. The Bertz CT molecular complexity index is 552. The molecule has 0 aliphatic rings. The Hall–Kier alpha value is -2.44. The number of rotatable bonds is 5. The van der Waals surface area contributed by atoms with Gasteiger partial charge in [0, 0.05) is 19.8 Å². The molecule has 2 rings (SSSR count). The fourth-order valence-corrected chi connectivity index (χ4v) is 1.56. The molecule has 94 valence electrons. The highest BCUT2D eigenvalue weighted by Gasteiger charge is 2.10. The first-order chi connectivity index (χ1) is 8.66. The number of carboxylic acids is 1. The van der Waals surface area contributed by atoms with Crippen molar-refractivity contribution in [3.8, 4) is 0 Å². The van der Waals surface area contributed by atoms with Gasteiger partial charge in [-0.2, -0.15) is 10.2 Å². The van der Waals surface area contributed by atoms with E-state index in [1.54, 1.807) is 10.9 Å². The summed E-state index contributed by atoms with van der Waals surface area (Å²) < 4.78 is 1.72. The van der Waals surface area contributed by atoms with Crippen molar-refractivity contribution in [1.29, 1.82) is 0 Å². The van der Waals surface area contributed by atoms with Crippen molar-refractivity contribution in [1.82, 2.24) is 20.0 Å². The Morgan fingerprint density at radius 2 is 2.39 bits per heavy atom. The molecule has 0 unspecified atom stereocenters. The van der Waals surface area contributed by atoms with Crippen LogP contribution in [0.5, 0.6) is 0 Å². The first-order valence-electron chi connectivity index (χ1n) is 5.43. The number of carbonyl (C=O) groups is 1. The van der Waals surface area contributed by atoms with E-state index in [1.165, 1.54) is 12.3 Å². The third-order valence-corrected chi connectivity index (χ3v) is 2.42. The molecule has 2 aromatic heterocycles. The van der Waals surface area contributed by atoms with E-state index < -0.39 is 5.97 Å². The molecule has 0 amide bonds. The van der Waals surface area contributed by atoms with Gasteiger partial charge in [-0.15, -0.1) is 5.10 Å². The first-order valence-corrected chi connectivity index (χ1v) is 5.43. The molecule has 2 aromatic rings. The lowest BCUT2D eigenvalue weighted by atomic mass is 10.2. The fraction of sp³-hybridized carbons (Fsp3) is 0.273. The molecular formula is C11H13N5O2. The molecule has 0 radical (unpaired) electrons. The van der Waals surface area contributed by atoms with E-state index in [-0.39, 0.29) is 11.4 Å². The molecule has 7 nitrogen and oxygen atoms in total. The quantitative estimate of drug-likeness (QED) is 0.802. The van der Waals surface area contributed by atoms with Crippen LogP contribution in [-0.2, 0) is 13.5 Å².